The van der Waals surface area contributed by atoms with Gasteiger partial charge in [-0.1, -0.05) is 54.6 Å². The number of hydrogen-bond acceptors (Lipinski definition) is 6. The molecule has 2 rings (SSSR count). The van der Waals surface area contributed by atoms with Crippen molar-refractivity contribution in [2.75, 3.05) is 0 Å². The molecule has 0 fully saturated rings. The molecule has 0 aromatic heterocycles. The van der Waals surface area contributed by atoms with Crippen LogP contribution in [0.3, 0.4) is 0 Å². The minimum atomic E-state index is -5.27. The normalized spacial score (nSPS) is 23.4. The molecule has 0 heterocycles. The SMILES string of the molecule is NC1(N)C=CC(/C=C/c2ccccc2)C(S(=O)(=O)O)(S(=O)(=O)O)C1. The van der Waals surface area contributed by atoms with E-state index < -0.39 is 42.3 Å². The van der Waals surface area contributed by atoms with Crippen LogP contribution in [0.15, 0.2) is 48.6 Å². The second kappa shape index (κ2) is 6.06. The van der Waals surface area contributed by atoms with Gasteiger partial charge in [-0.3, -0.25) is 9.11 Å². The molecule has 0 saturated carbocycles. The van der Waals surface area contributed by atoms with Gasteiger partial charge in [-0.25, -0.2) is 0 Å². The van der Waals surface area contributed by atoms with Gasteiger partial charge in [0.25, 0.3) is 20.2 Å². The molecule has 1 aliphatic carbocycles. The number of hydrogen-bond donors (Lipinski definition) is 4. The summed E-state index contributed by atoms with van der Waals surface area (Å²) >= 11 is 0. The van der Waals surface area contributed by atoms with Gasteiger partial charge in [0.05, 0.1) is 5.66 Å². The summed E-state index contributed by atoms with van der Waals surface area (Å²) in [6, 6.07) is 8.67. The first kappa shape index (κ1) is 18.8. The maximum Gasteiger partial charge on any atom is 0.288 e. The fraction of sp³-hybridized carbons (Fsp3) is 0.286. The van der Waals surface area contributed by atoms with Crippen LogP contribution in [0, 0.1) is 5.92 Å². The molecule has 6 N–H and O–H groups in total. The van der Waals surface area contributed by atoms with Crippen LogP contribution in [-0.2, 0) is 20.2 Å². The molecule has 0 saturated heterocycles. The van der Waals surface area contributed by atoms with Crippen LogP contribution in [-0.4, -0.2) is 35.7 Å². The Balaban J connectivity index is 2.64. The van der Waals surface area contributed by atoms with E-state index in [2.05, 4.69) is 0 Å². The van der Waals surface area contributed by atoms with Crippen LogP contribution in [0.25, 0.3) is 6.08 Å². The van der Waals surface area contributed by atoms with Crippen LogP contribution >= 0.6 is 0 Å². The van der Waals surface area contributed by atoms with Crippen LogP contribution < -0.4 is 11.5 Å². The van der Waals surface area contributed by atoms with Crippen LogP contribution in [0.2, 0.25) is 0 Å². The molecule has 1 aromatic carbocycles. The monoisotopic (exact) mass is 374 g/mol. The average molecular weight is 374 g/mol. The molecule has 0 aliphatic heterocycles. The van der Waals surface area contributed by atoms with E-state index in [-0.39, 0.29) is 0 Å². The fourth-order valence-electron chi connectivity index (χ4n) is 2.68. The quantitative estimate of drug-likeness (QED) is 0.334. The van der Waals surface area contributed by atoms with Crippen LogP contribution in [0.1, 0.15) is 12.0 Å². The van der Waals surface area contributed by atoms with E-state index >= 15 is 0 Å². The van der Waals surface area contributed by atoms with Gasteiger partial charge in [0.1, 0.15) is 0 Å². The van der Waals surface area contributed by atoms with E-state index in [0.717, 1.165) is 6.08 Å². The molecule has 132 valence electrons. The molecule has 1 aliphatic rings. The summed E-state index contributed by atoms with van der Waals surface area (Å²) in [5, 5.41) is 0. The Hall–Kier alpha value is -1.56. The van der Waals surface area contributed by atoms with Crippen molar-refractivity contribution in [3.63, 3.8) is 0 Å². The van der Waals surface area contributed by atoms with Crippen molar-refractivity contribution in [1.82, 2.24) is 0 Å². The van der Waals surface area contributed by atoms with Crippen molar-refractivity contribution in [2.45, 2.75) is 16.2 Å². The second-order valence-corrected chi connectivity index (χ2v) is 9.32. The zero-order chi connectivity index (χ0) is 18.2. The Morgan fingerprint density at radius 2 is 1.58 bits per heavy atom. The number of rotatable bonds is 4. The lowest BCUT2D eigenvalue weighted by molar-refractivity contribution is 0.342. The minimum Gasteiger partial charge on any atom is -0.310 e. The molecule has 0 amide bonds. The highest BCUT2D eigenvalue weighted by Gasteiger charge is 2.62. The minimum absolute atomic E-state index is 0.669. The molecular weight excluding hydrogens is 356 g/mol. The molecule has 24 heavy (non-hydrogen) atoms. The first-order valence-corrected chi connectivity index (χ1v) is 9.71. The summed E-state index contributed by atoms with van der Waals surface area (Å²) < 4.78 is 63.8. The smallest absolute Gasteiger partial charge is 0.288 e. The van der Waals surface area contributed by atoms with Crippen molar-refractivity contribution in [2.24, 2.45) is 17.4 Å². The summed E-state index contributed by atoms with van der Waals surface area (Å²) in [5.41, 5.74) is 10.1. The Morgan fingerprint density at radius 1 is 1.04 bits per heavy atom. The predicted molar refractivity (Wildman–Crippen MR) is 89.7 cm³/mol. The third-order valence-electron chi connectivity index (χ3n) is 3.84. The van der Waals surface area contributed by atoms with Crippen molar-refractivity contribution in [3.8, 4) is 0 Å². The van der Waals surface area contributed by atoms with E-state index in [4.69, 9.17) is 11.5 Å². The molecule has 1 unspecified atom stereocenters. The number of nitrogens with two attached hydrogens (primary N) is 2. The molecule has 1 aromatic rings. The van der Waals surface area contributed by atoms with E-state index in [0.29, 0.717) is 5.56 Å². The third-order valence-corrected chi connectivity index (χ3v) is 7.69. The molecule has 0 radical (unpaired) electrons. The Kier molecular flexibility index (Phi) is 4.74. The van der Waals surface area contributed by atoms with Gasteiger partial charge in [-0.15, -0.1) is 0 Å². The molecule has 8 nitrogen and oxygen atoms in total. The molecule has 0 bridgehead atoms. The summed E-state index contributed by atoms with van der Waals surface area (Å²) in [6.07, 6.45) is 4.20. The lowest BCUT2D eigenvalue weighted by Crippen LogP contribution is -2.63. The topological polar surface area (TPSA) is 161 Å². The zero-order valence-corrected chi connectivity index (χ0v) is 14.1. The average Bonchev–Trinajstić information content (AvgIpc) is 2.44. The van der Waals surface area contributed by atoms with Crippen LogP contribution in [0.4, 0.5) is 0 Å². The van der Waals surface area contributed by atoms with E-state index in [9.17, 15) is 25.9 Å². The van der Waals surface area contributed by atoms with Gasteiger partial charge in [0.2, 0.25) is 4.08 Å². The summed E-state index contributed by atoms with van der Waals surface area (Å²) in [6.45, 7) is 0. The van der Waals surface area contributed by atoms with E-state index in [1.165, 1.54) is 18.2 Å². The summed E-state index contributed by atoms with van der Waals surface area (Å²) in [7, 11) is -10.5. The molecule has 1 atom stereocenters. The Bertz CT molecular complexity index is 841. The zero-order valence-electron chi connectivity index (χ0n) is 12.5. The van der Waals surface area contributed by atoms with Gasteiger partial charge in [0, 0.05) is 12.3 Å². The number of allylic oxidation sites excluding steroid dienone is 2. The first-order valence-electron chi connectivity index (χ1n) is 6.83. The van der Waals surface area contributed by atoms with Crippen molar-refractivity contribution in [3.05, 3.63) is 54.1 Å². The first-order chi connectivity index (χ1) is 10.9. The maximum atomic E-state index is 11.9. The van der Waals surface area contributed by atoms with E-state index in [1.54, 1.807) is 30.3 Å². The fourth-order valence-corrected chi connectivity index (χ4v) is 5.61. The highest BCUT2D eigenvalue weighted by atomic mass is 32.3. The molecule has 10 heteroatoms. The van der Waals surface area contributed by atoms with Gasteiger partial charge in [-0.2, -0.15) is 16.8 Å². The maximum absolute atomic E-state index is 11.9. The van der Waals surface area contributed by atoms with Gasteiger partial charge in [0.15, 0.2) is 0 Å². The van der Waals surface area contributed by atoms with Crippen molar-refractivity contribution >= 4 is 26.3 Å². The Morgan fingerprint density at radius 3 is 2.08 bits per heavy atom. The van der Waals surface area contributed by atoms with Crippen molar-refractivity contribution < 1.29 is 25.9 Å². The van der Waals surface area contributed by atoms with Gasteiger partial charge in [-0.05, 0) is 5.56 Å². The predicted octanol–water partition coefficient (Wildman–Crippen LogP) is 0.361. The summed E-state index contributed by atoms with van der Waals surface area (Å²) in [5.74, 6) is -1.39. The summed E-state index contributed by atoms with van der Waals surface area (Å²) in [4.78, 5) is 0. The molecule has 0 spiro atoms. The lowest BCUT2D eigenvalue weighted by atomic mass is 9.87. The van der Waals surface area contributed by atoms with Gasteiger partial charge < -0.3 is 11.5 Å². The second-order valence-electron chi connectivity index (χ2n) is 5.71. The highest BCUT2D eigenvalue weighted by Crippen LogP contribution is 2.42. The lowest BCUT2D eigenvalue weighted by Gasteiger charge is -2.40. The largest absolute Gasteiger partial charge is 0.310 e. The standard InChI is InChI=1S/C14H18N2O6S2/c15-13(16)9-8-12(7-6-11-4-2-1-3-5-11)14(10-13,23(17,18)19)24(20,21)22/h1-9,12H,10,15-16H2,(H,17,18,19)(H,20,21,22)/b7-6+. The molecular formula is C14H18N2O6S2. The van der Waals surface area contributed by atoms with Crippen LogP contribution in [0.5, 0.6) is 0 Å². The highest BCUT2D eigenvalue weighted by molar-refractivity contribution is 8.05. The third kappa shape index (κ3) is 3.43. The van der Waals surface area contributed by atoms with Crippen molar-refractivity contribution in [1.29, 1.82) is 0 Å². The Labute approximate surface area is 140 Å². The van der Waals surface area contributed by atoms with E-state index in [1.807, 2.05) is 0 Å². The van der Waals surface area contributed by atoms with Gasteiger partial charge >= 0.3 is 0 Å². The number of benzene rings is 1.